The summed E-state index contributed by atoms with van der Waals surface area (Å²) < 4.78 is 13.2. The Kier molecular flexibility index (Phi) is 4.34. The van der Waals surface area contributed by atoms with Gasteiger partial charge in [-0.3, -0.25) is 4.79 Å². The molecule has 134 valence electrons. The Balaban J connectivity index is 1.78. The van der Waals surface area contributed by atoms with E-state index in [0.29, 0.717) is 17.1 Å². The van der Waals surface area contributed by atoms with Crippen LogP contribution in [0.2, 0.25) is 0 Å². The summed E-state index contributed by atoms with van der Waals surface area (Å²) >= 11 is 0. The number of nitrogens with one attached hydrogen (secondary N) is 3. The van der Waals surface area contributed by atoms with E-state index in [1.54, 1.807) is 18.2 Å². The molecule has 0 saturated carbocycles. The molecule has 1 saturated heterocycles. The van der Waals surface area contributed by atoms with Gasteiger partial charge in [-0.05, 0) is 67.4 Å². The van der Waals surface area contributed by atoms with E-state index < -0.39 is 5.91 Å². The Labute approximate surface area is 150 Å². The molecule has 1 aliphatic heterocycles. The lowest BCUT2D eigenvalue weighted by atomic mass is 10.0. The van der Waals surface area contributed by atoms with Crippen molar-refractivity contribution in [3.05, 3.63) is 53.8 Å². The highest BCUT2D eigenvalue weighted by atomic mass is 19.1. The Morgan fingerprint density at radius 3 is 2.69 bits per heavy atom. The van der Waals surface area contributed by atoms with Crippen molar-refractivity contribution in [3.8, 4) is 11.3 Å². The first-order chi connectivity index (χ1) is 12.6. The molecule has 5 nitrogen and oxygen atoms in total. The van der Waals surface area contributed by atoms with Crippen LogP contribution in [0.15, 0.2) is 42.5 Å². The molecule has 3 aromatic rings. The van der Waals surface area contributed by atoms with Crippen molar-refractivity contribution in [2.45, 2.75) is 18.9 Å². The zero-order chi connectivity index (χ0) is 18.1. The number of rotatable bonds is 4. The molecule has 0 unspecified atom stereocenters. The average molecular weight is 352 g/mol. The van der Waals surface area contributed by atoms with E-state index in [-0.39, 0.29) is 5.82 Å². The Hall–Kier alpha value is -2.86. The van der Waals surface area contributed by atoms with Gasteiger partial charge in [0.05, 0.1) is 11.1 Å². The van der Waals surface area contributed by atoms with Crippen molar-refractivity contribution in [2.75, 3.05) is 18.4 Å². The van der Waals surface area contributed by atoms with E-state index in [9.17, 15) is 9.18 Å². The van der Waals surface area contributed by atoms with Crippen LogP contribution in [-0.2, 0) is 0 Å². The lowest BCUT2D eigenvalue weighted by Gasteiger charge is -2.25. The second kappa shape index (κ2) is 6.80. The van der Waals surface area contributed by atoms with Crippen molar-refractivity contribution >= 4 is 22.5 Å². The van der Waals surface area contributed by atoms with Crippen LogP contribution in [0.3, 0.4) is 0 Å². The summed E-state index contributed by atoms with van der Waals surface area (Å²) in [6, 6.07) is 12.2. The number of hydrogen-bond acceptors (Lipinski definition) is 3. The standard InChI is InChI=1S/C20H21FN4O/c21-13-5-3-12(4-6-13)18-10-16-17(24-14-2-1-9-23-11-14)8-7-15(20(22)26)19(16)25-18/h3-8,10,14,23-25H,1-2,9,11H2,(H2,22,26)/t14-/m0/s1. The second-order valence-corrected chi connectivity index (χ2v) is 6.69. The highest BCUT2D eigenvalue weighted by molar-refractivity contribution is 6.09. The molecule has 2 aromatic carbocycles. The third-order valence-corrected chi connectivity index (χ3v) is 4.87. The number of H-pyrrole nitrogens is 1. The van der Waals surface area contributed by atoms with Crippen molar-refractivity contribution in [1.29, 1.82) is 0 Å². The summed E-state index contributed by atoms with van der Waals surface area (Å²) in [7, 11) is 0. The maximum atomic E-state index is 13.2. The van der Waals surface area contributed by atoms with Crippen molar-refractivity contribution in [2.24, 2.45) is 5.73 Å². The monoisotopic (exact) mass is 352 g/mol. The topological polar surface area (TPSA) is 82.9 Å². The minimum atomic E-state index is -0.478. The predicted octanol–water partition coefficient (Wildman–Crippen LogP) is 3.24. The third-order valence-electron chi connectivity index (χ3n) is 4.87. The molecule has 4 rings (SSSR count). The van der Waals surface area contributed by atoms with Gasteiger partial charge in [0.2, 0.25) is 0 Å². The van der Waals surface area contributed by atoms with Gasteiger partial charge in [-0.2, -0.15) is 0 Å². The summed E-state index contributed by atoms with van der Waals surface area (Å²) in [5, 5.41) is 7.87. The van der Waals surface area contributed by atoms with Crippen molar-refractivity contribution in [1.82, 2.24) is 10.3 Å². The van der Waals surface area contributed by atoms with Gasteiger partial charge in [-0.25, -0.2) is 4.39 Å². The number of piperidine rings is 1. The van der Waals surface area contributed by atoms with E-state index in [1.165, 1.54) is 12.1 Å². The maximum absolute atomic E-state index is 13.2. The fraction of sp³-hybridized carbons (Fsp3) is 0.250. The van der Waals surface area contributed by atoms with Gasteiger partial charge in [0.1, 0.15) is 5.82 Å². The molecular formula is C20H21FN4O. The summed E-state index contributed by atoms with van der Waals surface area (Å²) in [5.41, 5.74) is 9.32. The molecule has 1 aromatic heterocycles. The molecule has 0 spiro atoms. The van der Waals surface area contributed by atoms with Crippen LogP contribution in [0.1, 0.15) is 23.2 Å². The number of carbonyl (C=O) groups excluding carboxylic acids is 1. The summed E-state index contributed by atoms with van der Waals surface area (Å²) in [4.78, 5) is 15.1. The normalized spacial score (nSPS) is 17.3. The van der Waals surface area contributed by atoms with Crippen LogP contribution in [0.25, 0.3) is 22.2 Å². The highest BCUT2D eigenvalue weighted by Crippen LogP contribution is 2.32. The minimum Gasteiger partial charge on any atom is -0.380 e. The fourth-order valence-corrected chi connectivity index (χ4v) is 3.53. The first-order valence-corrected chi connectivity index (χ1v) is 8.80. The van der Waals surface area contributed by atoms with E-state index in [2.05, 4.69) is 15.6 Å². The van der Waals surface area contributed by atoms with Gasteiger partial charge >= 0.3 is 0 Å². The third kappa shape index (κ3) is 3.15. The molecular weight excluding hydrogens is 331 g/mol. The lowest BCUT2D eigenvalue weighted by molar-refractivity contribution is 0.100. The fourth-order valence-electron chi connectivity index (χ4n) is 3.53. The molecule has 0 bridgehead atoms. The number of fused-ring (bicyclic) bond motifs is 1. The van der Waals surface area contributed by atoms with Crippen LogP contribution >= 0.6 is 0 Å². The summed E-state index contributed by atoms with van der Waals surface area (Å²) in [6.07, 6.45) is 2.23. The predicted molar refractivity (Wildman–Crippen MR) is 102 cm³/mol. The lowest BCUT2D eigenvalue weighted by Crippen LogP contribution is -2.38. The molecule has 6 heteroatoms. The maximum Gasteiger partial charge on any atom is 0.250 e. The summed E-state index contributed by atoms with van der Waals surface area (Å²) in [6.45, 7) is 1.96. The second-order valence-electron chi connectivity index (χ2n) is 6.69. The molecule has 1 fully saturated rings. The van der Waals surface area contributed by atoms with E-state index in [0.717, 1.165) is 48.3 Å². The molecule has 1 atom stereocenters. The number of hydrogen-bond donors (Lipinski definition) is 4. The molecule has 5 N–H and O–H groups in total. The molecule has 2 heterocycles. The molecule has 0 aliphatic carbocycles. The Morgan fingerprint density at radius 1 is 1.19 bits per heavy atom. The van der Waals surface area contributed by atoms with E-state index >= 15 is 0 Å². The highest BCUT2D eigenvalue weighted by Gasteiger charge is 2.18. The van der Waals surface area contributed by atoms with Crippen LogP contribution in [0.5, 0.6) is 0 Å². The number of anilines is 1. The Bertz CT molecular complexity index is 942. The van der Waals surface area contributed by atoms with Crippen LogP contribution in [0, 0.1) is 5.82 Å². The summed E-state index contributed by atoms with van der Waals surface area (Å²) in [5.74, 6) is -0.761. The minimum absolute atomic E-state index is 0.283. The number of primary amides is 1. The number of nitrogens with two attached hydrogens (primary N) is 1. The number of carbonyl (C=O) groups is 1. The quantitative estimate of drug-likeness (QED) is 0.582. The first kappa shape index (κ1) is 16.6. The molecule has 1 aliphatic rings. The largest absolute Gasteiger partial charge is 0.380 e. The van der Waals surface area contributed by atoms with Crippen LogP contribution < -0.4 is 16.4 Å². The zero-order valence-corrected chi connectivity index (χ0v) is 14.3. The van der Waals surface area contributed by atoms with Crippen molar-refractivity contribution in [3.63, 3.8) is 0 Å². The van der Waals surface area contributed by atoms with Gasteiger partial charge < -0.3 is 21.4 Å². The first-order valence-electron chi connectivity index (χ1n) is 8.80. The Morgan fingerprint density at radius 2 is 2.00 bits per heavy atom. The van der Waals surface area contributed by atoms with Crippen LogP contribution in [0.4, 0.5) is 10.1 Å². The van der Waals surface area contributed by atoms with Gasteiger partial charge in [0.15, 0.2) is 0 Å². The number of aromatic amines is 1. The SMILES string of the molecule is NC(=O)c1ccc(N[C@H]2CCCNC2)c2cc(-c3ccc(F)cc3)[nH]c12. The number of aromatic nitrogens is 1. The van der Waals surface area contributed by atoms with Crippen molar-refractivity contribution < 1.29 is 9.18 Å². The molecule has 0 radical (unpaired) electrons. The molecule has 1 amide bonds. The van der Waals surface area contributed by atoms with Gasteiger partial charge in [0.25, 0.3) is 5.91 Å². The van der Waals surface area contributed by atoms with Gasteiger partial charge in [-0.1, -0.05) is 0 Å². The molecule has 26 heavy (non-hydrogen) atoms. The van der Waals surface area contributed by atoms with E-state index in [1.807, 2.05) is 12.1 Å². The average Bonchev–Trinajstić information content (AvgIpc) is 3.09. The van der Waals surface area contributed by atoms with Crippen LogP contribution in [-0.4, -0.2) is 30.0 Å². The smallest absolute Gasteiger partial charge is 0.250 e. The zero-order valence-electron chi connectivity index (χ0n) is 14.3. The van der Waals surface area contributed by atoms with Gasteiger partial charge in [-0.15, -0.1) is 0 Å². The number of amides is 1. The van der Waals surface area contributed by atoms with Gasteiger partial charge in [0, 0.05) is 29.4 Å². The van der Waals surface area contributed by atoms with E-state index in [4.69, 9.17) is 5.73 Å². The number of benzene rings is 2. The number of halogens is 1.